The predicted molar refractivity (Wildman–Crippen MR) is 142 cm³/mol. The van der Waals surface area contributed by atoms with Gasteiger partial charge in [-0.2, -0.15) is 0 Å². The Hall–Kier alpha value is -1.59. The van der Waals surface area contributed by atoms with E-state index in [1.54, 1.807) is 9.37 Å². The molecule has 3 aromatic rings. The van der Waals surface area contributed by atoms with Crippen LogP contribution < -0.4 is 9.37 Å². The van der Waals surface area contributed by atoms with Crippen molar-refractivity contribution in [3.63, 3.8) is 0 Å². The number of rotatable bonds is 10. The van der Waals surface area contributed by atoms with Gasteiger partial charge in [-0.3, -0.25) is 4.18 Å². The van der Waals surface area contributed by atoms with E-state index in [9.17, 15) is 13.0 Å². The second-order valence-electron chi connectivity index (χ2n) is 8.66. The zero-order valence-electron chi connectivity index (χ0n) is 20.7. The Labute approximate surface area is 210 Å². The standard InChI is InChI=1S/C8H19N.3C6H5.CH4O4S.Pb/c1-5-8-9(4,6-2)7-3;3*1-2-4-6-5-3-1;1-5-6(2,3)4;/h1,5-8H2,2-4H3;3*1-5H;1H3,(H,2,3,4);/q+1;;;;;/p-1. The molecule has 0 saturated carbocycles. The fraction of sp³-hybridized carbons (Fsp3) is 0.333. The predicted octanol–water partition coefficient (Wildman–Crippen LogP) is 3.13. The maximum Gasteiger partial charge on any atom is 0.217 e. The van der Waals surface area contributed by atoms with E-state index in [-0.39, 0.29) is 0 Å². The summed E-state index contributed by atoms with van der Waals surface area (Å²) in [5.41, 5.74) is 0. The number of benzene rings is 3. The first-order valence-corrected chi connectivity index (χ1v) is 21.6. The molecule has 0 unspecified atom stereocenters. The molecular formula is C27H37NO4PbS. The van der Waals surface area contributed by atoms with Gasteiger partial charge < -0.3 is 4.55 Å². The minimum Gasteiger partial charge on any atom is -0.726 e. The van der Waals surface area contributed by atoms with E-state index in [1.165, 1.54) is 34.5 Å². The number of hydrogen-bond donors (Lipinski definition) is 0. The van der Waals surface area contributed by atoms with Gasteiger partial charge in [-0.15, -0.1) is 0 Å². The van der Waals surface area contributed by atoms with E-state index in [0.29, 0.717) is 0 Å². The molecule has 0 aliphatic rings. The summed E-state index contributed by atoms with van der Waals surface area (Å²) in [4.78, 5) is 0. The summed E-state index contributed by atoms with van der Waals surface area (Å²) >= 11 is -3.23. The van der Waals surface area contributed by atoms with Crippen molar-refractivity contribution in [2.24, 2.45) is 0 Å². The third kappa shape index (κ3) is 7.98. The Balaban J connectivity index is 0.000000604. The average molecular weight is 679 g/mol. The Morgan fingerprint density at radius 3 is 1.35 bits per heavy atom. The van der Waals surface area contributed by atoms with Crippen LogP contribution in [0.4, 0.5) is 0 Å². The van der Waals surface area contributed by atoms with Gasteiger partial charge in [0.1, 0.15) is 0 Å². The van der Waals surface area contributed by atoms with E-state index < -0.39 is 31.6 Å². The monoisotopic (exact) mass is 679 g/mol. The summed E-state index contributed by atoms with van der Waals surface area (Å²) in [7, 11) is -1.20. The third-order valence-corrected chi connectivity index (χ3v) is 26.9. The maximum atomic E-state index is 9.22. The Kier molecular flexibility index (Phi) is 11.4. The van der Waals surface area contributed by atoms with Crippen molar-refractivity contribution in [1.29, 1.82) is 0 Å². The minimum atomic E-state index is -4.41. The zero-order valence-corrected chi connectivity index (χ0v) is 25.4. The van der Waals surface area contributed by atoms with E-state index in [2.05, 4.69) is 116 Å². The number of nitrogens with zero attached hydrogens (tertiary/aromatic N) is 1. The molecule has 0 atom stereocenters. The van der Waals surface area contributed by atoms with Gasteiger partial charge in [0.25, 0.3) is 0 Å². The quantitative estimate of drug-likeness (QED) is 0.143. The van der Waals surface area contributed by atoms with Crippen LogP contribution in [0.25, 0.3) is 0 Å². The van der Waals surface area contributed by atoms with Gasteiger partial charge in [0, 0.05) is 0 Å². The molecular weight excluding hydrogens is 642 g/mol. The molecule has 0 saturated heterocycles. The van der Waals surface area contributed by atoms with Gasteiger partial charge >= 0.3 is 177 Å². The molecule has 0 radical (unpaired) electrons. The van der Waals surface area contributed by atoms with Gasteiger partial charge in [-0.1, -0.05) is 0 Å². The van der Waals surface area contributed by atoms with Crippen LogP contribution in [-0.2, 0) is 14.6 Å². The van der Waals surface area contributed by atoms with Crippen molar-refractivity contribution in [2.45, 2.75) is 24.2 Å². The second kappa shape index (κ2) is 13.5. The Morgan fingerprint density at radius 1 is 0.765 bits per heavy atom. The van der Waals surface area contributed by atoms with E-state index >= 15 is 0 Å². The van der Waals surface area contributed by atoms with Gasteiger partial charge in [-0.25, -0.2) is 8.42 Å². The summed E-state index contributed by atoms with van der Waals surface area (Å²) < 4.78 is 38.3. The third-order valence-electron chi connectivity index (χ3n) is 6.78. The normalized spacial score (nSPS) is 12.0. The Bertz CT molecular complexity index is 977. The van der Waals surface area contributed by atoms with Crippen LogP contribution in [0.2, 0.25) is 3.98 Å². The van der Waals surface area contributed by atoms with Crippen LogP contribution in [0.15, 0.2) is 91.0 Å². The summed E-state index contributed by atoms with van der Waals surface area (Å²) in [5, 5.41) is 0. The molecule has 3 rings (SSSR count). The molecule has 0 fully saturated rings. The average Bonchev–Trinajstić information content (AvgIpc) is 2.88. The van der Waals surface area contributed by atoms with Crippen LogP contribution in [-0.4, -0.2) is 72.4 Å². The first-order valence-electron chi connectivity index (χ1n) is 11.7. The molecule has 5 nitrogen and oxygen atoms in total. The number of quaternary nitrogens is 1. The van der Waals surface area contributed by atoms with Gasteiger partial charge in [-0.05, 0) is 0 Å². The SMILES string of the molecule is CC[N+](C)(CC)CC[CH2][Pb]([c]1ccccc1)([c]1ccccc1)[c]1ccccc1.COS(=O)(=O)[O-]. The second-order valence-corrected chi connectivity index (χ2v) is 25.5. The number of hydrogen-bond acceptors (Lipinski definition) is 4. The van der Waals surface area contributed by atoms with Crippen molar-refractivity contribution >= 4 is 40.9 Å². The van der Waals surface area contributed by atoms with E-state index in [1.807, 2.05) is 0 Å². The zero-order chi connectivity index (χ0) is 25.1. The van der Waals surface area contributed by atoms with Crippen molar-refractivity contribution in [1.82, 2.24) is 0 Å². The van der Waals surface area contributed by atoms with Gasteiger partial charge in [0.2, 0.25) is 10.4 Å². The van der Waals surface area contributed by atoms with Crippen molar-refractivity contribution in [2.75, 3.05) is 33.8 Å². The molecule has 0 aliphatic heterocycles. The van der Waals surface area contributed by atoms with Crippen LogP contribution in [0, 0.1) is 0 Å². The van der Waals surface area contributed by atoms with E-state index in [0.717, 1.165) is 7.11 Å². The maximum absolute atomic E-state index is 9.22. The molecule has 0 spiro atoms. The summed E-state index contributed by atoms with van der Waals surface area (Å²) in [5.74, 6) is 0. The largest absolute Gasteiger partial charge is 0.726 e. The van der Waals surface area contributed by atoms with Crippen molar-refractivity contribution < 1.29 is 21.6 Å². The van der Waals surface area contributed by atoms with Gasteiger partial charge in [0.15, 0.2) is 0 Å². The molecule has 0 aromatic heterocycles. The van der Waals surface area contributed by atoms with Crippen LogP contribution in [0.1, 0.15) is 20.3 Å². The van der Waals surface area contributed by atoms with Crippen LogP contribution in [0.5, 0.6) is 0 Å². The summed E-state index contributed by atoms with van der Waals surface area (Å²) in [6.07, 6.45) is 1.29. The molecule has 3 aromatic carbocycles. The minimum absolute atomic E-state index is 0.808. The fourth-order valence-electron chi connectivity index (χ4n) is 4.37. The molecule has 0 aliphatic carbocycles. The molecule has 0 amide bonds. The molecule has 0 N–H and O–H groups in total. The molecule has 0 heterocycles. The topological polar surface area (TPSA) is 66.4 Å². The first kappa shape index (κ1) is 28.6. The molecule has 184 valence electrons. The van der Waals surface area contributed by atoms with Crippen molar-refractivity contribution in [3.05, 3.63) is 91.0 Å². The van der Waals surface area contributed by atoms with Crippen LogP contribution in [0.3, 0.4) is 0 Å². The van der Waals surface area contributed by atoms with Crippen LogP contribution >= 0.6 is 0 Å². The summed E-state index contributed by atoms with van der Waals surface area (Å²) in [6, 6.07) is 34.2. The van der Waals surface area contributed by atoms with Crippen molar-refractivity contribution in [3.8, 4) is 0 Å². The molecule has 7 heteroatoms. The summed E-state index contributed by atoms with van der Waals surface area (Å²) in [6.45, 7) is 8.34. The first-order chi connectivity index (χ1) is 16.2. The smallest absolute Gasteiger partial charge is 0.217 e. The Morgan fingerprint density at radius 2 is 1.09 bits per heavy atom. The fourth-order valence-corrected chi connectivity index (χ4v) is 23.2. The van der Waals surface area contributed by atoms with E-state index in [4.69, 9.17) is 0 Å². The van der Waals surface area contributed by atoms with Gasteiger partial charge in [0.05, 0.1) is 7.11 Å². The molecule has 34 heavy (non-hydrogen) atoms. The molecule has 0 bridgehead atoms.